The van der Waals surface area contributed by atoms with Crippen LogP contribution in [0.15, 0.2) is 78.0 Å². The third kappa shape index (κ3) is 14.9. The van der Waals surface area contributed by atoms with Gasteiger partial charge >= 0.3 is 19.7 Å². The van der Waals surface area contributed by atoms with Gasteiger partial charge in [-0.1, -0.05) is 54.6 Å². The van der Waals surface area contributed by atoms with Crippen molar-refractivity contribution in [1.82, 2.24) is 0 Å². The van der Waals surface area contributed by atoms with E-state index in [0.29, 0.717) is 31.7 Å². The minimum absolute atomic E-state index is 0.214. The molecule has 3 aromatic carbocycles. The lowest BCUT2D eigenvalue weighted by molar-refractivity contribution is -0.199. The number of primary amides is 2. The number of nitrogens with zero attached hydrogens (tertiary/aromatic N) is 2. The molecule has 19 nitrogen and oxygen atoms in total. The van der Waals surface area contributed by atoms with Crippen LogP contribution in [0.2, 0.25) is 0 Å². The highest BCUT2D eigenvalue weighted by Crippen LogP contribution is 2.35. The average molecular weight is 872 g/mol. The van der Waals surface area contributed by atoms with Crippen LogP contribution in [-0.4, -0.2) is 49.7 Å². The summed E-state index contributed by atoms with van der Waals surface area (Å²) in [4.78, 5) is 45.9. The van der Waals surface area contributed by atoms with Crippen LogP contribution in [0, 0.1) is 11.3 Å². The summed E-state index contributed by atoms with van der Waals surface area (Å²) in [6, 6.07) is 24.8. The summed E-state index contributed by atoms with van der Waals surface area (Å²) in [5.74, 6) is -1.20. The van der Waals surface area contributed by atoms with Crippen LogP contribution in [0.5, 0.6) is 0 Å². The molecular weight excluding hydrogens is 846 g/mol. The first-order valence-corrected chi connectivity index (χ1v) is 20.2. The van der Waals surface area contributed by atoms with Gasteiger partial charge in [0.25, 0.3) is 17.9 Å². The maximum atomic E-state index is 11.4. The predicted molar refractivity (Wildman–Crippen MR) is 210 cm³/mol. The van der Waals surface area contributed by atoms with Gasteiger partial charge in [-0.25, -0.2) is 4.79 Å². The van der Waals surface area contributed by atoms with E-state index in [-0.39, 0.29) is 5.91 Å². The van der Waals surface area contributed by atoms with Gasteiger partial charge in [-0.3, -0.25) is 23.5 Å². The number of nitrogen functional groups attached to an aromatic ring is 2. The molecule has 55 heavy (non-hydrogen) atoms. The van der Waals surface area contributed by atoms with Crippen molar-refractivity contribution >= 4 is 133 Å². The highest BCUT2D eigenvalue weighted by Gasteiger charge is 2.17. The van der Waals surface area contributed by atoms with E-state index in [9.17, 15) is 22.8 Å². The van der Waals surface area contributed by atoms with Crippen LogP contribution in [0.25, 0.3) is 30.3 Å². The molecule has 25 heteroatoms. The molecule has 0 atom stereocenters. The predicted octanol–water partition coefficient (Wildman–Crippen LogP) is 4.91. The second-order valence-corrected chi connectivity index (χ2v) is 15.8. The van der Waals surface area contributed by atoms with E-state index in [1.807, 2.05) is 72.8 Å². The summed E-state index contributed by atoms with van der Waals surface area (Å²) in [5, 5.41) is 17.9. The van der Waals surface area contributed by atoms with Gasteiger partial charge in [-0.2, -0.15) is 27.1 Å². The van der Waals surface area contributed by atoms with Crippen molar-refractivity contribution in [1.29, 1.82) is 5.26 Å². The van der Waals surface area contributed by atoms with E-state index in [2.05, 4.69) is 36.5 Å². The Morgan fingerprint density at radius 3 is 1.64 bits per heavy atom. The lowest BCUT2D eigenvalue weighted by atomic mass is 10.1. The number of rotatable bonds is 6. The van der Waals surface area contributed by atoms with Gasteiger partial charge < -0.3 is 28.3 Å². The number of fused-ring (bicyclic) bond motifs is 3. The summed E-state index contributed by atoms with van der Waals surface area (Å²) < 4.78 is 57.3. The Morgan fingerprint density at radius 1 is 0.782 bits per heavy atom. The molecular formula is C30H26ClN7O12S5. The minimum atomic E-state index is -4.67. The molecule has 0 radical (unpaired) electrons. The molecule has 0 aliphatic carbocycles. The van der Waals surface area contributed by atoms with E-state index >= 15 is 0 Å². The molecule has 0 aliphatic rings. The number of halogens is 1. The number of thiophene rings is 3. The maximum Gasteiger partial charge on any atom is 0.394 e. The summed E-state index contributed by atoms with van der Waals surface area (Å²) in [6.07, 6.45) is 0.845. The summed E-state index contributed by atoms with van der Waals surface area (Å²) in [6.45, 7) is 1.40. The fourth-order valence-electron chi connectivity index (χ4n) is 4.10. The number of carbonyl (C=O) groups is 3. The molecule has 0 spiro atoms. The van der Waals surface area contributed by atoms with Gasteiger partial charge in [0.2, 0.25) is 5.91 Å². The average Bonchev–Trinajstić information content (AvgIpc) is 3.72. The second-order valence-electron chi connectivity index (χ2n) is 9.66. The number of benzene rings is 3. The van der Waals surface area contributed by atoms with E-state index in [4.69, 9.17) is 50.5 Å². The second kappa shape index (κ2) is 20.7. The molecule has 0 aliphatic heterocycles. The first-order chi connectivity index (χ1) is 25.7. The Labute approximate surface area is 327 Å². The van der Waals surface area contributed by atoms with Gasteiger partial charge in [-0.05, 0) is 22.5 Å². The zero-order chi connectivity index (χ0) is 41.5. The highest BCUT2D eigenvalue weighted by atomic mass is 35.7. The molecule has 6 rings (SSSR count). The Bertz CT molecular complexity index is 2640. The number of anilines is 3. The van der Waals surface area contributed by atoms with Crippen LogP contribution in [0.1, 0.15) is 33.2 Å². The van der Waals surface area contributed by atoms with Crippen molar-refractivity contribution in [3.63, 3.8) is 0 Å². The summed E-state index contributed by atoms with van der Waals surface area (Å²) >= 11 is 4.19. The fraction of sp³-hybridized carbons (Fsp3) is 0.0333. The Morgan fingerprint density at radius 2 is 1.20 bits per heavy atom. The molecule has 0 unspecified atom stereocenters. The largest absolute Gasteiger partial charge is 0.394 e. The van der Waals surface area contributed by atoms with Gasteiger partial charge in [0.1, 0.15) is 16.1 Å². The Balaban J connectivity index is 0.000000247. The smallest absolute Gasteiger partial charge is 0.390 e. The minimum Gasteiger partial charge on any atom is -0.390 e. The molecule has 0 saturated heterocycles. The molecule has 6 aromatic rings. The SMILES string of the molecule is CC(=O)Nc1sc2ccccc2c1C(N)=O.N#Cc1c(N)sc2ccccc12.NC(=O)c1c(N)sc2ccccc12.O=C=NOOS(=O)(=O)Cl.O=S(=O)(O)O. The van der Waals surface area contributed by atoms with E-state index in [0.717, 1.165) is 36.3 Å². The zero-order valence-corrected chi connectivity index (χ0v) is 32.4. The number of carbonyl (C=O) groups excluding carboxylic acids is 4. The van der Waals surface area contributed by atoms with Crippen LogP contribution in [0.3, 0.4) is 0 Å². The normalized spacial score (nSPS) is 10.3. The number of amides is 3. The monoisotopic (exact) mass is 871 g/mol. The third-order valence-electron chi connectivity index (χ3n) is 5.92. The lowest BCUT2D eigenvalue weighted by Gasteiger charge is -2.00. The number of hydrogen-bond donors (Lipinski definition) is 7. The number of nitrogens with one attached hydrogen (secondary N) is 1. The molecule has 11 N–H and O–H groups in total. The molecule has 0 fully saturated rings. The van der Waals surface area contributed by atoms with E-state index < -0.39 is 31.5 Å². The zero-order valence-electron chi connectivity index (χ0n) is 27.5. The topological polar surface area (TPSA) is 348 Å². The first kappa shape index (κ1) is 45.4. The number of nitriles is 1. The Hall–Kier alpha value is -5.71. The van der Waals surface area contributed by atoms with Crippen molar-refractivity contribution in [2.24, 2.45) is 16.6 Å². The molecule has 0 bridgehead atoms. The summed E-state index contributed by atoms with van der Waals surface area (Å²) in [5.41, 5.74) is 23.3. The van der Waals surface area contributed by atoms with Gasteiger partial charge in [0.05, 0.1) is 32.4 Å². The van der Waals surface area contributed by atoms with E-state index in [1.54, 1.807) is 0 Å². The van der Waals surface area contributed by atoms with Gasteiger partial charge in [-0.15, -0.1) is 34.0 Å². The van der Waals surface area contributed by atoms with E-state index in [1.165, 1.54) is 40.9 Å². The van der Waals surface area contributed by atoms with Crippen LogP contribution >= 0.6 is 44.7 Å². The Kier molecular flexibility index (Phi) is 17.1. The van der Waals surface area contributed by atoms with Crippen molar-refractivity contribution in [3.8, 4) is 6.07 Å². The molecule has 3 amide bonds. The molecule has 290 valence electrons. The van der Waals surface area contributed by atoms with Crippen LogP contribution < -0.4 is 28.3 Å². The quantitative estimate of drug-likeness (QED) is 0.0292. The standard InChI is InChI=1S/C11H10N2O2S.C9H8N2OS.C9H6N2S.CClNO5S.H2O4S/c1-6(14)13-11-9(10(12)15)7-4-2-3-5-8(7)16-11;10-8(12)7-5-3-1-2-4-6(5)13-9(7)11;10-5-7-6-3-1-2-4-8(6)12-9(7)11;2-9(5,6)8-7-3-1-4;1-5(2,3)4/h2-5H,1H3,(H2,12,15)(H,13,14);1-4H,11H2,(H2,10,12);1-4H,11H2;;(H2,1,2,3,4). The number of nitrogens with two attached hydrogens (primary N) is 4. The molecule has 3 heterocycles. The summed E-state index contributed by atoms with van der Waals surface area (Å²) in [7, 11) is -4.48. The van der Waals surface area contributed by atoms with Crippen LogP contribution in [-0.2, 0) is 38.6 Å². The molecule has 3 aromatic heterocycles. The van der Waals surface area contributed by atoms with Gasteiger partial charge in [0.15, 0.2) is 0 Å². The van der Waals surface area contributed by atoms with Crippen molar-refractivity contribution < 1.29 is 54.4 Å². The molecule has 0 saturated carbocycles. The van der Waals surface area contributed by atoms with Crippen molar-refractivity contribution in [3.05, 3.63) is 89.5 Å². The lowest BCUT2D eigenvalue weighted by Crippen LogP contribution is -2.14. The van der Waals surface area contributed by atoms with Crippen LogP contribution in [0.4, 0.5) is 15.0 Å². The fourth-order valence-corrected chi connectivity index (χ4v) is 7.33. The number of isocyanates is 1. The first-order valence-electron chi connectivity index (χ1n) is 14.1. The third-order valence-corrected chi connectivity index (χ3v) is 9.39. The number of hydrogen-bond acceptors (Lipinski definition) is 17. The van der Waals surface area contributed by atoms with Gasteiger partial charge in [0, 0.05) is 42.3 Å². The maximum absolute atomic E-state index is 11.4. The van der Waals surface area contributed by atoms with Crippen molar-refractivity contribution in [2.75, 3.05) is 16.8 Å². The highest BCUT2D eigenvalue weighted by molar-refractivity contribution is 8.09. The van der Waals surface area contributed by atoms with Crippen molar-refractivity contribution in [2.45, 2.75) is 6.92 Å².